The molecule has 4 N–H and O–H groups in total. The molecule has 0 saturated carbocycles. The molecule has 19 heavy (non-hydrogen) atoms. The van der Waals surface area contributed by atoms with E-state index in [0.717, 1.165) is 0 Å². The third kappa shape index (κ3) is 3.87. The van der Waals surface area contributed by atoms with Gasteiger partial charge in [0.25, 0.3) is 5.91 Å². The van der Waals surface area contributed by atoms with Crippen molar-refractivity contribution in [3.05, 3.63) is 23.8 Å². The summed E-state index contributed by atoms with van der Waals surface area (Å²) in [5.41, 5.74) is 7.30. The summed E-state index contributed by atoms with van der Waals surface area (Å²) in [6.07, 6.45) is 0. The molecule has 6 nitrogen and oxygen atoms in total. The van der Waals surface area contributed by atoms with Crippen molar-refractivity contribution in [2.24, 2.45) is 0 Å². The SMILES string of the molecule is CCOC(=O)C(C)Nc1ccc(C(=O)NC)cc1N. The van der Waals surface area contributed by atoms with Crippen LogP contribution in [-0.4, -0.2) is 31.6 Å². The van der Waals surface area contributed by atoms with Crippen LogP contribution < -0.4 is 16.4 Å². The average Bonchev–Trinajstić information content (AvgIpc) is 2.40. The highest BCUT2D eigenvalue weighted by Crippen LogP contribution is 2.21. The normalized spacial score (nSPS) is 11.5. The summed E-state index contributed by atoms with van der Waals surface area (Å²) >= 11 is 0. The molecule has 0 aromatic heterocycles. The maximum Gasteiger partial charge on any atom is 0.328 e. The van der Waals surface area contributed by atoms with Crippen LogP contribution in [0.3, 0.4) is 0 Å². The van der Waals surface area contributed by atoms with Gasteiger partial charge in [0.05, 0.1) is 18.0 Å². The van der Waals surface area contributed by atoms with E-state index < -0.39 is 6.04 Å². The molecular formula is C13H19N3O3. The summed E-state index contributed by atoms with van der Waals surface area (Å²) in [5, 5.41) is 5.46. The maximum absolute atomic E-state index is 11.5. The molecule has 0 aliphatic rings. The zero-order valence-electron chi connectivity index (χ0n) is 11.3. The number of carbonyl (C=O) groups excluding carboxylic acids is 2. The lowest BCUT2D eigenvalue weighted by molar-refractivity contribution is -0.143. The number of rotatable bonds is 5. The predicted molar refractivity (Wildman–Crippen MR) is 74.0 cm³/mol. The number of esters is 1. The van der Waals surface area contributed by atoms with Gasteiger partial charge in [-0.25, -0.2) is 4.79 Å². The Kier molecular flexibility index (Phi) is 5.17. The number of benzene rings is 1. The Hall–Kier alpha value is -2.24. The number of ether oxygens (including phenoxy) is 1. The predicted octanol–water partition coefficient (Wildman–Crippen LogP) is 0.992. The summed E-state index contributed by atoms with van der Waals surface area (Å²) in [7, 11) is 1.55. The van der Waals surface area contributed by atoms with Crippen LogP contribution in [0, 0.1) is 0 Å². The summed E-state index contributed by atoms with van der Waals surface area (Å²) in [6, 6.07) is 4.34. The molecule has 1 aromatic rings. The second-order valence-corrected chi connectivity index (χ2v) is 4.00. The van der Waals surface area contributed by atoms with Gasteiger partial charge in [-0.2, -0.15) is 0 Å². The Morgan fingerprint density at radius 3 is 2.63 bits per heavy atom. The van der Waals surface area contributed by atoms with E-state index in [1.54, 1.807) is 39.1 Å². The second kappa shape index (κ2) is 6.63. The molecule has 0 radical (unpaired) electrons. The third-order valence-corrected chi connectivity index (χ3v) is 2.55. The van der Waals surface area contributed by atoms with E-state index in [9.17, 15) is 9.59 Å². The number of amides is 1. The van der Waals surface area contributed by atoms with Crippen molar-refractivity contribution in [1.82, 2.24) is 5.32 Å². The van der Waals surface area contributed by atoms with Crippen LogP contribution in [0.4, 0.5) is 11.4 Å². The van der Waals surface area contributed by atoms with E-state index in [-0.39, 0.29) is 11.9 Å². The topological polar surface area (TPSA) is 93.4 Å². The Balaban J connectivity index is 2.80. The molecule has 0 spiro atoms. The Labute approximate surface area is 112 Å². The van der Waals surface area contributed by atoms with E-state index in [2.05, 4.69) is 10.6 Å². The van der Waals surface area contributed by atoms with Gasteiger partial charge < -0.3 is 21.1 Å². The number of hydrogen-bond acceptors (Lipinski definition) is 5. The van der Waals surface area contributed by atoms with Gasteiger partial charge in [-0.3, -0.25) is 4.79 Å². The number of carbonyl (C=O) groups is 2. The van der Waals surface area contributed by atoms with Crippen LogP contribution in [0.15, 0.2) is 18.2 Å². The lowest BCUT2D eigenvalue weighted by atomic mass is 10.1. The molecular weight excluding hydrogens is 246 g/mol. The van der Waals surface area contributed by atoms with E-state index in [0.29, 0.717) is 23.5 Å². The first kappa shape index (κ1) is 14.8. The van der Waals surface area contributed by atoms with Gasteiger partial charge in [-0.1, -0.05) is 0 Å². The van der Waals surface area contributed by atoms with Gasteiger partial charge in [0.15, 0.2) is 0 Å². The first-order valence-electron chi connectivity index (χ1n) is 6.04. The number of nitrogen functional groups attached to an aromatic ring is 1. The molecule has 1 unspecified atom stereocenters. The average molecular weight is 265 g/mol. The molecule has 1 atom stereocenters. The van der Waals surface area contributed by atoms with E-state index in [4.69, 9.17) is 10.5 Å². The van der Waals surface area contributed by atoms with Crippen molar-refractivity contribution in [3.63, 3.8) is 0 Å². The number of hydrogen-bond donors (Lipinski definition) is 3. The number of nitrogens with one attached hydrogen (secondary N) is 2. The molecule has 0 aliphatic heterocycles. The molecule has 1 aromatic carbocycles. The van der Waals surface area contributed by atoms with E-state index in [1.807, 2.05) is 0 Å². The minimum atomic E-state index is -0.506. The van der Waals surface area contributed by atoms with Crippen molar-refractivity contribution in [1.29, 1.82) is 0 Å². The smallest absolute Gasteiger partial charge is 0.328 e. The van der Waals surface area contributed by atoms with Crippen LogP contribution in [0.1, 0.15) is 24.2 Å². The van der Waals surface area contributed by atoms with Gasteiger partial charge in [0.2, 0.25) is 0 Å². The fraction of sp³-hybridized carbons (Fsp3) is 0.385. The molecule has 6 heteroatoms. The molecule has 0 aliphatic carbocycles. The second-order valence-electron chi connectivity index (χ2n) is 4.00. The first-order valence-corrected chi connectivity index (χ1v) is 6.04. The van der Waals surface area contributed by atoms with Crippen LogP contribution in [0.5, 0.6) is 0 Å². The highest BCUT2D eigenvalue weighted by atomic mass is 16.5. The Morgan fingerprint density at radius 2 is 2.11 bits per heavy atom. The van der Waals surface area contributed by atoms with Gasteiger partial charge in [0.1, 0.15) is 6.04 Å². The lowest BCUT2D eigenvalue weighted by Gasteiger charge is -2.16. The van der Waals surface area contributed by atoms with Crippen LogP contribution in [-0.2, 0) is 9.53 Å². The zero-order chi connectivity index (χ0) is 14.4. The minimum Gasteiger partial charge on any atom is -0.464 e. The fourth-order valence-corrected chi connectivity index (χ4v) is 1.54. The molecule has 104 valence electrons. The highest BCUT2D eigenvalue weighted by Gasteiger charge is 2.15. The van der Waals surface area contributed by atoms with Gasteiger partial charge >= 0.3 is 5.97 Å². The number of anilines is 2. The molecule has 1 rings (SSSR count). The Bertz CT molecular complexity index is 474. The zero-order valence-corrected chi connectivity index (χ0v) is 11.3. The van der Waals surface area contributed by atoms with Crippen LogP contribution in [0.2, 0.25) is 0 Å². The van der Waals surface area contributed by atoms with Crippen molar-refractivity contribution >= 4 is 23.3 Å². The third-order valence-electron chi connectivity index (χ3n) is 2.55. The standard InChI is InChI=1S/C13H19N3O3/c1-4-19-13(18)8(2)16-11-6-5-9(7-10(11)14)12(17)15-3/h5-8,16H,4,14H2,1-3H3,(H,15,17). The van der Waals surface area contributed by atoms with Gasteiger partial charge in [-0.05, 0) is 32.0 Å². The largest absolute Gasteiger partial charge is 0.464 e. The fourth-order valence-electron chi connectivity index (χ4n) is 1.54. The summed E-state index contributed by atoms with van der Waals surface area (Å²) in [4.78, 5) is 22.9. The summed E-state index contributed by atoms with van der Waals surface area (Å²) in [5.74, 6) is -0.561. The molecule has 1 amide bonds. The first-order chi connectivity index (χ1) is 8.99. The number of nitrogens with two attached hydrogens (primary N) is 1. The maximum atomic E-state index is 11.5. The quantitative estimate of drug-likeness (QED) is 0.545. The Morgan fingerprint density at radius 1 is 1.42 bits per heavy atom. The van der Waals surface area contributed by atoms with Crippen molar-refractivity contribution in [2.45, 2.75) is 19.9 Å². The van der Waals surface area contributed by atoms with E-state index in [1.165, 1.54) is 0 Å². The van der Waals surface area contributed by atoms with E-state index >= 15 is 0 Å². The van der Waals surface area contributed by atoms with Crippen molar-refractivity contribution in [3.8, 4) is 0 Å². The molecule has 0 bridgehead atoms. The summed E-state index contributed by atoms with van der Waals surface area (Å²) < 4.78 is 4.89. The van der Waals surface area contributed by atoms with Crippen molar-refractivity contribution < 1.29 is 14.3 Å². The minimum absolute atomic E-state index is 0.211. The van der Waals surface area contributed by atoms with Crippen molar-refractivity contribution in [2.75, 3.05) is 24.7 Å². The van der Waals surface area contributed by atoms with Crippen LogP contribution in [0.25, 0.3) is 0 Å². The van der Waals surface area contributed by atoms with Gasteiger partial charge in [-0.15, -0.1) is 0 Å². The highest BCUT2D eigenvalue weighted by molar-refractivity contribution is 5.96. The van der Waals surface area contributed by atoms with Crippen LogP contribution >= 0.6 is 0 Å². The molecule has 0 fully saturated rings. The monoisotopic (exact) mass is 265 g/mol. The summed E-state index contributed by atoms with van der Waals surface area (Å²) in [6.45, 7) is 3.76. The molecule has 0 heterocycles. The lowest BCUT2D eigenvalue weighted by Crippen LogP contribution is -2.28. The molecule has 0 saturated heterocycles. The van der Waals surface area contributed by atoms with Gasteiger partial charge in [0, 0.05) is 12.6 Å².